The molecule has 0 aromatic heterocycles. The molecule has 0 aliphatic carbocycles. The van der Waals surface area contributed by atoms with Gasteiger partial charge in [-0.05, 0) is 19.9 Å². The molecule has 0 radical (unpaired) electrons. The Bertz CT molecular complexity index is 304. The lowest BCUT2D eigenvalue weighted by atomic mass is 10.3. The summed E-state index contributed by atoms with van der Waals surface area (Å²) < 4.78 is 0. The zero-order chi connectivity index (χ0) is 10.8. The average molecular weight is 188 g/mol. The number of nitrogens with zero attached hydrogens (tertiary/aromatic N) is 2. The van der Waals surface area contributed by atoms with E-state index in [1.165, 1.54) is 0 Å². The Kier molecular flexibility index (Phi) is 6.96. The van der Waals surface area contributed by atoms with E-state index in [1.54, 1.807) is 24.6 Å². The lowest BCUT2D eigenvalue weighted by Crippen LogP contribution is -1.84. The van der Waals surface area contributed by atoms with Crippen molar-refractivity contribution in [1.29, 1.82) is 0 Å². The highest BCUT2D eigenvalue weighted by atomic mass is 14.8. The molecule has 2 heteroatoms. The van der Waals surface area contributed by atoms with Gasteiger partial charge in [-0.15, -0.1) is 0 Å². The third kappa shape index (κ3) is 4.36. The Morgan fingerprint density at radius 1 is 1.00 bits per heavy atom. The van der Waals surface area contributed by atoms with Gasteiger partial charge in [0.05, 0.1) is 11.4 Å². The van der Waals surface area contributed by atoms with Crippen molar-refractivity contribution in [2.24, 2.45) is 9.98 Å². The molecule has 0 saturated heterocycles. The van der Waals surface area contributed by atoms with E-state index >= 15 is 0 Å². The van der Waals surface area contributed by atoms with Crippen molar-refractivity contribution in [1.82, 2.24) is 0 Å². The van der Waals surface area contributed by atoms with Crippen LogP contribution >= 0.6 is 0 Å². The van der Waals surface area contributed by atoms with E-state index < -0.39 is 0 Å². The van der Waals surface area contributed by atoms with E-state index in [-0.39, 0.29) is 0 Å². The lowest BCUT2D eigenvalue weighted by Gasteiger charge is -1.99. The minimum absolute atomic E-state index is 0.795. The van der Waals surface area contributed by atoms with Gasteiger partial charge in [-0.1, -0.05) is 31.4 Å². The fourth-order valence-electron chi connectivity index (χ4n) is 0.867. The summed E-state index contributed by atoms with van der Waals surface area (Å²) in [6, 6.07) is 0. The van der Waals surface area contributed by atoms with Crippen molar-refractivity contribution in [3.8, 4) is 0 Å². The molecule has 0 bridgehead atoms. The van der Waals surface area contributed by atoms with Crippen LogP contribution in [0.3, 0.4) is 0 Å². The van der Waals surface area contributed by atoms with Crippen molar-refractivity contribution in [2.75, 3.05) is 0 Å². The maximum atomic E-state index is 4.19. The Morgan fingerprint density at radius 3 is 2.14 bits per heavy atom. The quantitative estimate of drug-likeness (QED) is 0.467. The minimum atomic E-state index is 0.795. The van der Waals surface area contributed by atoms with Crippen LogP contribution in [0.25, 0.3) is 0 Å². The molecular formula is C12H16N2. The Labute approximate surface area is 85.8 Å². The molecule has 2 nitrogen and oxygen atoms in total. The standard InChI is InChI=1S/C12H16N2/c1-5-9-12(13-8-4)11(7-3)14-10-6-2/h5-10H,1-2H2,3-4H3/b11-7-,12-9-,13-8-,14-10-. The van der Waals surface area contributed by atoms with Crippen molar-refractivity contribution in [3.05, 3.63) is 48.9 Å². The Balaban J connectivity index is 4.96. The van der Waals surface area contributed by atoms with Gasteiger partial charge < -0.3 is 0 Å². The predicted octanol–water partition coefficient (Wildman–Crippen LogP) is 3.31. The molecule has 14 heavy (non-hydrogen) atoms. The van der Waals surface area contributed by atoms with Crippen LogP contribution in [-0.2, 0) is 0 Å². The normalized spacial score (nSPS) is 13.9. The smallest absolute Gasteiger partial charge is 0.0878 e. The van der Waals surface area contributed by atoms with Crippen LogP contribution in [0.15, 0.2) is 58.8 Å². The molecule has 0 aromatic rings. The first-order valence-electron chi connectivity index (χ1n) is 4.43. The summed E-state index contributed by atoms with van der Waals surface area (Å²) in [6.45, 7) is 11.0. The number of allylic oxidation sites excluding steroid dienone is 4. The molecule has 74 valence electrons. The SMILES string of the molecule is C=C\C=N/C(=C\C)C(=C/C=C)/N=C\C. The van der Waals surface area contributed by atoms with Gasteiger partial charge in [0, 0.05) is 12.4 Å². The summed E-state index contributed by atoms with van der Waals surface area (Å²) in [5, 5.41) is 0. The average Bonchev–Trinajstić information content (AvgIpc) is 2.19. The second-order valence-electron chi connectivity index (χ2n) is 2.36. The molecule has 0 rings (SSSR count). The maximum absolute atomic E-state index is 4.19. The predicted molar refractivity (Wildman–Crippen MR) is 64.9 cm³/mol. The fourth-order valence-corrected chi connectivity index (χ4v) is 0.867. The third-order valence-corrected chi connectivity index (χ3v) is 1.40. The molecule has 0 N–H and O–H groups in total. The van der Waals surface area contributed by atoms with E-state index in [9.17, 15) is 0 Å². The molecule has 0 amide bonds. The van der Waals surface area contributed by atoms with Gasteiger partial charge in [0.1, 0.15) is 0 Å². The topological polar surface area (TPSA) is 24.7 Å². The first kappa shape index (κ1) is 12.3. The van der Waals surface area contributed by atoms with Crippen molar-refractivity contribution >= 4 is 12.4 Å². The van der Waals surface area contributed by atoms with Crippen LogP contribution < -0.4 is 0 Å². The van der Waals surface area contributed by atoms with Gasteiger partial charge in [-0.3, -0.25) is 9.98 Å². The highest BCUT2D eigenvalue weighted by Gasteiger charge is 1.97. The highest BCUT2D eigenvalue weighted by Crippen LogP contribution is 2.12. The van der Waals surface area contributed by atoms with E-state index in [4.69, 9.17) is 0 Å². The van der Waals surface area contributed by atoms with Crippen molar-refractivity contribution in [2.45, 2.75) is 13.8 Å². The van der Waals surface area contributed by atoms with Gasteiger partial charge >= 0.3 is 0 Å². The highest BCUT2D eigenvalue weighted by molar-refractivity contribution is 5.72. The van der Waals surface area contributed by atoms with Crippen LogP contribution in [-0.4, -0.2) is 12.4 Å². The first-order valence-corrected chi connectivity index (χ1v) is 4.43. The largest absolute Gasteiger partial charge is 0.259 e. The molecular weight excluding hydrogens is 172 g/mol. The summed E-state index contributed by atoms with van der Waals surface area (Å²) in [4.78, 5) is 8.37. The summed E-state index contributed by atoms with van der Waals surface area (Å²) in [5.41, 5.74) is 1.60. The third-order valence-electron chi connectivity index (χ3n) is 1.40. The van der Waals surface area contributed by atoms with E-state index in [1.807, 2.05) is 26.0 Å². The number of hydrogen-bond donors (Lipinski definition) is 0. The van der Waals surface area contributed by atoms with Gasteiger partial charge in [0.25, 0.3) is 0 Å². The van der Waals surface area contributed by atoms with Gasteiger partial charge in [-0.25, -0.2) is 0 Å². The molecule has 0 saturated carbocycles. The van der Waals surface area contributed by atoms with E-state index in [2.05, 4.69) is 23.1 Å². The molecule has 0 spiro atoms. The summed E-state index contributed by atoms with van der Waals surface area (Å²) in [7, 11) is 0. The molecule has 0 atom stereocenters. The van der Waals surface area contributed by atoms with Crippen LogP contribution in [0.4, 0.5) is 0 Å². The molecule has 0 aliphatic heterocycles. The summed E-state index contributed by atoms with van der Waals surface area (Å²) >= 11 is 0. The Morgan fingerprint density at radius 2 is 1.71 bits per heavy atom. The van der Waals surface area contributed by atoms with Crippen LogP contribution in [0, 0.1) is 0 Å². The van der Waals surface area contributed by atoms with Crippen LogP contribution in [0.2, 0.25) is 0 Å². The monoisotopic (exact) mass is 188 g/mol. The van der Waals surface area contributed by atoms with E-state index in [0.717, 1.165) is 11.4 Å². The van der Waals surface area contributed by atoms with Crippen molar-refractivity contribution < 1.29 is 0 Å². The number of rotatable bonds is 5. The van der Waals surface area contributed by atoms with Crippen LogP contribution in [0.5, 0.6) is 0 Å². The minimum Gasteiger partial charge on any atom is -0.259 e. The summed E-state index contributed by atoms with van der Waals surface area (Å²) in [6.07, 6.45) is 10.4. The zero-order valence-electron chi connectivity index (χ0n) is 8.77. The molecule has 0 heterocycles. The number of aliphatic imine (C=N–C) groups is 2. The first-order chi connectivity index (χ1) is 6.79. The lowest BCUT2D eigenvalue weighted by molar-refractivity contribution is 1.24. The maximum Gasteiger partial charge on any atom is 0.0878 e. The van der Waals surface area contributed by atoms with Crippen LogP contribution in [0.1, 0.15) is 13.8 Å². The molecule has 0 aliphatic rings. The summed E-state index contributed by atoms with van der Waals surface area (Å²) in [5.74, 6) is 0. The van der Waals surface area contributed by atoms with Gasteiger partial charge in [0.15, 0.2) is 0 Å². The van der Waals surface area contributed by atoms with Gasteiger partial charge in [-0.2, -0.15) is 0 Å². The zero-order valence-corrected chi connectivity index (χ0v) is 8.77. The Hall–Kier alpha value is -1.70. The molecule has 0 aromatic carbocycles. The molecule has 0 unspecified atom stereocenters. The number of hydrogen-bond acceptors (Lipinski definition) is 2. The van der Waals surface area contributed by atoms with Crippen molar-refractivity contribution in [3.63, 3.8) is 0 Å². The molecule has 0 fully saturated rings. The second-order valence-corrected chi connectivity index (χ2v) is 2.36. The fraction of sp³-hybridized carbons (Fsp3) is 0.167. The second kappa shape index (κ2) is 7.92. The van der Waals surface area contributed by atoms with Gasteiger partial charge in [0.2, 0.25) is 0 Å². The van der Waals surface area contributed by atoms with E-state index in [0.29, 0.717) is 0 Å².